The van der Waals surface area contributed by atoms with Crippen LogP contribution in [0.4, 0.5) is 0 Å². The van der Waals surface area contributed by atoms with Crippen LogP contribution >= 0.6 is 0 Å². The van der Waals surface area contributed by atoms with E-state index in [1.54, 1.807) is 18.6 Å². The van der Waals surface area contributed by atoms with E-state index in [-0.39, 0.29) is 6.61 Å². The Balaban J connectivity index is 2.02. The molecule has 0 saturated carbocycles. The predicted molar refractivity (Wildman–Crippen MR) is 55.3 cm³/mol. The Labute approximate surface area is 92.4 Å². The molecule has 2 rings (SSSR count). The van der Waals surface area contributed by atoms with Crippen molar-refractivity contribution >= 4 is 0 Å². The fourth-order valence-electron chi connectivity index (χ4n) is 1.26. The topological polar surface area (TPSA) is 84.9 Å². The number of rotatable bonds is 5. The molecule has 0 bridgehead atoms. The fraction of sp³-hybridized carbons (Fsp3) is 0.400. The van der Waals surface area contributed by atoms with Crippen molar-refractivity contribution in [2.45, 2.75) is 19.3 Å². The van der Waals surface area contributed by atoms with Gasteiger partial charge in [-0.15, -0.1) is 0 Å². The van der Waals surface area contributed by atoms with E-state index in [1.165, 1.54) is 0 Å². The number of aliphatic hydroxyl groups excluding tert-OH is 1. The zero-order chi connectivity index (χ0) is 11.2. The summed E-state index contributed by atoms with van der Waals surface area (Å²) >= 11 is 0. The first-order chi connectivity index (χ1) is 7.90. The summed E-state index contributed by atoms with van der Waals surface area (Å²) in [5, 5.41) is 12.5. The molecule has 6 nitrogen and oxygen atoms in total. The van der Waals surface area contributed by atoms with Crippen LogP contribution in [0.15, 0.2) is 23.1 Å². The summed E-state index contributed by atoms with van der Waals surface area (Å²) in [5.74, 6) is 1.02. The third-order valence-electron chi connectivity index (χ3n) is 2.06. The molecule has 2 heterocycles. The average Bonchev–Trinajstić information content (AvgIpc) is 2.79. The SMILES string of the molecule is OCCCCc1nc(-c2cnccn2)no1. The van der Waals surface area contributed by atoms with E-state index in [1.807, 2.05) is 0 Å². The number of aryl methyl sites for hydroxylation is 1. The highest BCUT2D eigenvalue weighted by molar-refractivity contribution is 5.45. The van der Waals surface area contributed by atoms with Crippen LogP contribution in [0.5, 0.6) is 0 Å². The molecule has 0 aliphatic rings. The lowest BCUT2D eigenvalue weighted by Gasteiger charge is -1.91. The van der Waals surface area contributed by atoms with Crippen LogP contribution in [0.25, 0.3) is 11.5 Å². The maximum absolute atomic E-state index is 8.64. The summed E-state index contributed by atoms with van der Waals surface area (Å²) in [7, 11) is 0. The summed E-state index contributed by atoms with van der Waals surface area (Å²) < 4.78 is 5.06. The van der Waals surface area contributed by atoms with Crippen LogP contribution in [-0.4, -0.2) is 31.8 Å². The Hall–Kier alpha value is -1.82. The fourth-order valence-corrected chi connectivity index (χ4v) is 1.26. The molecule has 2 aromatic heterocycles. The minimum Gasteiger partial charge on any atom is -0.396 e. The van der Waals surface area contributed by atoms with Gasteiger partial charge in [-0.05, 0) is 12.8 Å². The third-order valence-corrected chi connectivity index (χ3v) is 2.06. The number of unbranched alkanes of at least 4 members (excludes halogenated alkanes) is 1. The van der Waals surface area contributed by atoms with E-state index < -0.39 is 0 Å². The van der Waals surface area contributed by atoms with E-state index in [9.17, 15) is 0 Å². The summed E-state index contributed by atoms with van der Waals surface area (Å²) in [6.07, 6.45) is 7.00. The molecule has 0 saturated heterocycles. The Kier molecular flexibility index (Phi) is 3.55. The Bertz CT molecular complexity index is 429. The highest BCUT2D eigenvalue weighted by atomic mass is 16.5. The van der Waals surface area contributed by atoms with Crippen LogP contribution in [0.3, 0.4) is 0 Å². The van der Waals surface area contributed by atoms with Crippen LogP contribution in [-0.2, 0) is 6.42 Å². The molecule has 0 atom stereocenters. The first-order valence-corrected chi connectivity index (χ1v) is 5.10. The van der Waals surface area contributed by atoms with Gasteiger partial charge in [0.2, 0.25) is 11.7 Å². The molecule has 84 valence electrons. The molecule has 0 aromatic carbocycles. The van der Waals surface area contributed by atoms with Gasteiger partial charge in [0, 0.05) is 25.4 Å². The van der Waals surface area contributed by atoms with Crippen molar-refractivity contribution in [3.8, 4) is 11.5 Å². The van der Waals surface area contributed by atoms with Gasteiger partial charge in [0.25, 0.3) is 0 Å². The van der Waals surface area contributed by atoms with Crippen molar-refractivity contribution in [2.24, 2.45) is 0 Å². The van der Waals surface area contributed by atoms with E-state index in [2.05, 4.69) is 20.1 Å². The molecular formula is C10H12N4O2. The largest absolute Gasteiger partial charge is 0.396 e. The summed E-state index contributed by atoms with van der Waals surface area (Å²) in [5.41, 5.74) is 0.597. The molecule has 0 spiro atoms. The standard InChI is InChI=1S/C10H12N4O2/c15-6-2-1-3-9-13-10(14-16-9)8-7-11-4-5-12-8/h4-5,7,15H,1-3,6H2. The molecule has 0 aliphatic carbocycles. The molecule has 0 radical (unpaired) electrons. The smallest absolute Gasteiger partial charge is 0.227 e. The van der Waals surface area contributed by atoms with Gasteiger partial charge in [-0.1, -0.05) is 5.16 Å². The van der Waals surface area contributed by atoms with Crippen LogP contribution in [0, 0.1) is 0 Å². The number of aromatic nitrogens is 4. The first kappa shape index (κ1) is 10.7. The highest BCUT2D eigenvalue weighted by Gasteiger charge is 2.08. The number of hydrogen-bond acceptors (Lipinski definition) is 6. The van der Waals surface area contributed by atoms with Crippen molar-refractivity contribution in [3.63, 3.8) is 0 Å². The highest BCUT2D eigenvalue weighted by Crippen LogP contribution is 2.11. The Morgan fingerprint density at radius 2 is 2.19 bits per heavy atom. The number of nitrogens with zero attached hydrogens (tertiary/aromatic N) is 4. The minimum absolute atomic E-state index is 0.186. The van der Waals surface area contributed by atoms with Crippen molar-refractivity contribution in [1.29, 1.82) is 0 Å². The zero-order valence-electron chi connectivity index (χ0n) is 8.70. The van der Waals surface area contributed by atoms with E-state index in [4.69, 9.17) is 9.63 Å². The molecule has 2 aromatic rings. The molecule has 16 heavy (non-hydrogen) atoms. The maximum atomic E-state index is 8.64. The molecule has 0 fully saturated rings. The quantitative estimate of drug-likeness (QED) is 0.751. The average molecular weight is 220 g/mol. The molecule has 1 N–H and O–H groups in total. The second-order valence-corrected chi connectivity index (χ2v) is 3.28. The van der Waals surface area contributed by atoms with Crippen molar-refractivity contribution < 1.29 is 9.63 Å². The van der Waals surface area contributed by atoms with Gasteiger partial charge in [0.15, 0.2) is 0 Å². The van der Waals surface area contributed by atoms with Crippen molar-refractivity contribution in [3.05, 3.63) is 24.5 Å². The number of aliphatic hydroxyl groups is 1. The van der Waals surface area contributed by atoms with Crippen LogP contribution < -0.4 is 0 Å². The zero-order valence-corrected chi connectivity index (χ0v) is 8.70. The predicted octanol–water partition coefficient (Wildman–Crippen LogP) is 0.842. The second kappa shape index (κ2) is 5.32. The van der Waals surface area contributed by atoms with Gasteiger partial charge in [0.1, 0.15) is 5.69 Å². The lowest BCUT2D eigenvalue weighted by atomic mass is 10.2. The van der Waals surface area contributed by atoms with E-state index >= 15 is 0 Å². The summed E-state index contributed by atoms with van der Waals surface area (Å²) in [6.45, 7) is 0.186. The maximum Gasteiger partial charge on any atom is 0.227 e. The lowest BCUT2D eigenvalue weighted by Crippen LogP contribution is -1.90. The van der Waals surface area contributed by atoms with E-state index in [0.717, 1.165) is 12.8 Å². The van der Waals surface area contributed by atoms with Gasteiger partial charge in [-0.25, -0.2) is 4.98 Å². The summed E-state index contributed by atoms with van der Waals surface area (Å²) in [6, 6.07) is 0. The molecule has 0 aliphatic heterocycles. The Morgan fingerprint density at radius 3 is 2.94 bits per heavy atom. The van der Waals surface area contributed by atoms with Crippen LogP contribution in [0.1, 0.15) is 18.7 Å². The lowest BCUT2D eigenvalue weighted by molar-refractivity contribution is 0.281. The first-order valence-electron chi connectivity index (χ1n) is 5.10. The second-order valence-electron chi connectivity index (χ2n) is 3.28. The van der Waals surface area contributed by atoms with Gasteiger partial charge in [-0.3, -0.25) is 4.98 Å². The van der Waals surface area contributed by atoms with Crippen molar-refractivity contribution in [1.82, 2.24) is 20.1 Å². The van der Waals surface area contributed by atoms with E-state index in [0.29, 0.717) is 23.8 Å². The normalized spacial score (nSPS) is 10.6. The minimum atomic E-state index is 0.186. The molecule has 0 amide bonds. The van der Waals surface area contributed by atoms with Crippen molar-refractivity contribution in [2.75, 3.05) is 6.61 Å². The monoisotopic (exact) mass is 220 g/mol. The van der Waals surface area contributed by atoms with Crippen LogP contribution in [0.2, 0.25) is 0 Å². The third kappa shape index (κ3) is 2.60. The Morgan fingerprint density at radius 1 is 1.25 bits per heavy atom. The van der Waals surface area contributed by atoms with Gasteiger partial charge < -0.3 is 9.63 Å². The van der Waals surface area contributed by atoms with Gasteiger partial charge in [0.05, 0.1) is 6.20 Å². The van der Waals surface area contributed by atoms with Gasteiger partial charge >= 0.3 is 0 Å². The molecule has 6 heteroatoms. The molecular weight excluding hydrogens is 208 g/mol. The number of hydrogen-bond donors (Lipinski definition) is 1. The summed E-state index contributed by atoms with van der Waals surface area (Å²) in [4.78, 5) is 12.2. The molecule has 0 unspecified atom stereocenters. The van der Waals surface area contributed by atoms with Gasteiger partial charge in [-0.2, -0.15) is 4.98 Å².